The first-order valence-corrected chi connectivity index (χ1v) is 5.32. The van der Waals surface area contributed by atoms with Gasteiger partial charge < -0.3 is 5.11 Å². The van der Waals surface area contributed by atoms with Gasteiger partial charge in [0.05, 0.1) is 5.60 Å². The monoisotopic (exact) mass is 168 g/mol. The van der Waals surface area contributed by atoms with E-state index in [0.29, 0.717) is 5.92 Å². The predicted octanol–water partition coefficient (Wildman–Crippen LogP) is 2.58. The Kier molecular flexibility index (Phi) is 1.95. The minimum atomic E-state index is -0.345. The van der Waals surface area contributed by atoms with Crippen molar-refractivity contribution in [2.24, 2.45) is 17.8 Å². The molecular formula is C11H20O. The summed E-state index contributed by atoms with van der Waals surface area (Å²) in [6.07, 6.45) is 6.35. The van der Waals surface area contributed by atoms with Crippen molar-refractivity contribution >= 4 is 0 Å². The summed E-state index contributed by atoms with van der Waals surface area (Å²) in [5, 5.41) is 10.1. The molecule has 0 saturated heterocycles. The number of hydrogen-bond acceptors (Lipinski definition) is 1. The largest absolute Gasteiger partial charge is 0.390 e. The van der Waals surface area contributed by atoms with Crippen molar-refractivity contribution in [2.75, 3.05) is 0 Å². The molecule has 1 N–H and O–H groups in total. The Morgan fingerprint density at radius 2 is 1.92 bits per heavy atom. The third kappa shape index (κ3) is 1.82. The molecule has 1 heteroatoms. The lowest BCUT2D eigenvalue weighted by Gasteiger charge is -2.26. The lowest BCUT2D eigenvalue weighted by atomic mass is 9.87. The Morgan fingerprint density at radius 1 is 1.33 bits per heavy atom. The van der Waals surface area contributed by atoms with Crippen LogP contribution in [-0.2, 0) is 0 Å². The van der Waals surface area contributed by atoms with Crippen LogP contribution in [0, 0.1) is 17.8 Å². The summed E-state index contributed by atoms with van der Waals surface area (Å²) >= 11 is 0. The summed E-state index contributed by atoms with van der Waals surface area (Å²) in [6, 6.07) is 0. The Bertz CT molecular complexity index is 166. The zero-order valence-electron chi connectivity index (χ0n) is 8.21. The van der Waals surface area contributed by atoms with Crippen LogP contribution in [0.3, 0.4) is 0 Å². The van der Waals surface area contributed by atoms with Crippen molar-refractivity contribution in [2.45, 2.75) is 51.6 Å². The molecule has 0 amide bonds. The lowest BCUT2D eigenvalue weighted by molar-refractivity contribution is 0.0115. The van der Waals surface area contributed by atoms with E-state index in [1.165, 1.54) is 25.7 Å². The molecule has 2 saturated carbocycles. The molecule has 2 atom stereocenters. The highest BCUT2D eigenvalue weighted by Gasteiger charge is 2.42. The highest BCUT2D eigenvalue weighted by Crippen LogP contribution is 2.46. The van der Waals surface area contributed by atoms with Gasteiger partial charge in [-0.1, -0.05) is 6.92 Å². The second-order valence-electron chi connectivity index (χ2n) is 5.15. The van der Waals surface area contributed by atoms with Crippen LogP contribution in [0.15, 0.2) is 0 Å². The molecule has 2 aliphatic carbocycles. The van der Waals surface area contributed by atoms with Crippen molar-refractivity contribution in [1.29, 1.82) is 0 Å². The van der Waals surface area contributed by atoms with Crippen LogP contribution in [0.4, 0.5) is 0 Å². The molecule has 0 aromatic carbocycles. The van der Waals surface area contributed by atoms with E-state index in [0.717, 1.165) is 18.3 Å². The molecule has 0 aromatic heterocycles. The molecule has 12 heavy (non-hydrogen) atoms. The molecule has 70 valence electrons. The van der Waals surface area contributed by atoms with Crippen LogP contribution in [0.2, 0.25) is 0 Å². The number of rotatable bonds is 4. The molecule has 0 spiro atoms. The molecule has 1 nitrogen and oxygen atoms in total. The second kappa shape index (κ2) is 2.73. The van der Waals surface area contributed by atoms with E-state index in [2.05, 4.69) is 6.92 Å². The SMILES string of the molecule is CC(CC(C)(O)C1CC1)C1CC1. The maximum Gasteiger partial charge on any atom is 0.0650 e. The Balaban J connectivity index is 1.82. The van der Waals surface area contributed by atoms with E-state index in [1.54, 1.807) is 0 Å². The zero-order chi connectivity index (χ0) is 8.77. The first-order valence-electron chi connectivity index (χ1n) is 5.32. The van der Waals surface area contributed by atoms with Crippen molar-refractivity contribution in [3.63, 3.8) is 0 Å². The van der Waals surface area contributed by atoms with Crippen LogP contribution in [0.5, 0.6) is 0 Å². The van der Waals surface area contributed by atoms with Gasteiger partial charge in [0.2, 0.25) is 0 Å². The van der Waals surface area contributed by atoms with Gasteiger partial charge >= 0.3 is 0 Å². The Morgan fingerprint density at radius 3 is 2.33 bits per heavy atom. The fraction of sp³-hybridized carbons (Fsp3) is 1.00. The third-order valence-corrected chi connectivity index (χ3v) is 3.62. The van der Waals surface area contributed by atoms with Crippen molar-refractivity contribution in [3.8, 4) is 0 Å². The number of hydrogen-bond donors (Lipinski definition) is 1. The molecule has 2 unspecified atom stereocenters. The number of aliphatic hydroxyl groups is 1. The summed E-state index contributed by atoms with van der Waals surface area (Å²) in [6.45, 7) is 4.33. The molecule has 0 aliphatic heterocycles. The molecule has 0 aromatic rings. The predicted molar refractivity (Wildman–Crippen MR) is 49.9 cm³/mol. The van der Waals surface area contributed by atoms with Gasteiger partial charge in [-0.2, -0.15) is 0 Å². The fourth-order valence-corrected chi connectivity index (χ4v) is 2.36. The first-order chi connectivity index (χ1) is 5.59. The fourth-order valence-electron chi connectivity index (χ4n) is 2.36. The maximum atomic E-state index is 10.1. The van der Waals surface area contributed by atoms with E-state index < -0.39 is 0 Å². The molecule has 2 aliphatic rings. The van der Waals surface area contributed by atoms with Crippen LogP contribution in [0.25, 0.3) is 0 Å². The Labute approximate surface area is 75.2 Å². The van der Waals surface area contributed by atoms with Crippen LogP contribution >= 0.6 is 0 Å². The van der Waals surface area contributed by atoms with Gasteiger partial charge in [0, 0.05) is 0 Å². The van der Waals surface area contributed by atoms with Gasteiger partial charge in [0.1, 0.15) is 0 Å². The minimum absolute atomic E-state index is 0.345. The summed E-state index contributed by atoms with van der Waals surface area (Å²) in [4.78, 5) is 0. The smallest absolute Gasteiger partial charge is 0.0650 e. The van der Waals surface area contributed by atoms with E-state index >= 15 is 0 Å². The van der Waals surface area contributed by atoms with Gasteiger partial charge in [-0.25, -0.2) is 0 Å². The normalized spacial score (nSPS) is 31.2. The summed E-state index contributed by atoms with van der Waals surface area (Å²) < 4.78 is 0. The van der Waals surface area contributed by atoms with Gasteiger partial charge in [-0.15, -0.1) is 0 Å². The van der Waals surface area contributed by atoms with E-state index in [9.17, 15) is 5.11 Å². The van der Waals surface area contributed by atoms with Gasteiger partial charge in [0.25, 0.3) is 0 Å². The van der Waals surface area contributed by atoms with Gasteiger partial charge in [-0.05, 0) is 56.8 Å². The maximum absolute atomic E-state index is 10.1. The van der Waals surface area contributed by atoms with Crippen LogP contribution in [0.1, 0.15) is 46.0 Å². The average Bonchev–Trinajstić information content (AvgIpc) is 2.83. The van der Waals surface area contributed by atoms with Gasteiger partial charge in [-0.3, -0.25) is 0 Å². The first kappa shape index (κ1) is 8.55. The summed E-state index contributed by atoms with van der Waals surface area (Å²) in [7, 11) is 0. The second-order valence-corrected chi connectivity index (χ2v) is 5.15. The molecule has 0 heterocycles. The quantitative estimate of drug-likeness (QED) is 0.684. The third-order valence-electron chi connectivity index (χ3n) is 3.62. The summed E-state index contributed by atoms with van der Waals surface area (Å²) in [5.41, 5.74) is -0.345. The topological polar surface area (TPSA) is 20.2 Å². The van der Waals surface area contributed by atoms with Crippen molar-refractivity contribution < 1.29 is 5.11 Å². The van der Waals surface area contributed by atoms with Crippen molar-refractivity contribution in [1.82, 2.24) is 0 Å². The molecular weight excluding hydrogens is 148 g/mol. The summed E-state index contributed by atoms with van der Waals surface area (Å²) in [5.74, 6) is 2.31. The van der Waals surface area contributed by atoms with Crippen LogP contribution in [-0.4, -0.2) is 10.7 Å². The standard InChI is InChI=1S/C11H20O/c1-8(9-3-4-9)7-11(2,12)10-5-6-10/h8-10,12H,3-7H2,1-2H3. The zero-order valence-corrected chi connectivity index (χ0v) is 8.21. The highest BCUT2D eigenvalue weighted by atomic mass is 16.3. The van der Waals surface area contributed by atoms with Crippen molar-refractivity contribution in [3.05, 3.63) is 0 Å². The highest BCUT2D eigenvalue weighted by molar-refractivity contribution is 4.94. The molecule has 2 rings (SSSR count). The Hall–Kier alpha value is -0.0400. The van der Waals surface area contributed by atoms with Gasteiger partial charge in [0.15, 0.2) is 0 Å². The molecule has 0 radical (unpaired) electrons. The molecule has 2 fully saturated rings. The van der Waals surface area contributed by atoms with E-state index in [4.69, 9.17) is 0 Å². The van der Waals surface area contributed by atoms with Crippen LogP contribution < -0.4 is 0 Å². The minimum Gasteiger partial charge on any atom is -0.390 e. The van der Waals surface area contributed by atoms with E-state index in [-0.39, 0.29) is 5.60 Å². The lowest BCUT2D eigenvalue weighted by Crippen LogP contribution is -2.29. The molecule has 0 bridgehead atoms. The van der Waals surface area contributed by atoms with E-state index in [1.807, 2.05) is 6.92 Å². The average molecular weight is 168 g/mol.